The third-order valence-corrected chi connectivity index (χ3v) is 2.76. The fraction of sp³-hybridized carbons (Fsp3) is 0.889. The molecule has 1 aliphatic heterocycles. The summed E-state index contributed by atoms with van der Waals surface area (Å²) in [5, 5.41) is 6.11. The first-order valence-corrected chi connectivity index (χ1v) is 6.35. The number of hydrogen-bond acceptors (Lipinski definition) is 4. The Hall–Kier alpha value is -0.420. The lowest BCUT2D eigenvalue weighted by molar-refractivity contribution is 0.146. The molecule has 1 rings (SSSR count). The van der Waals surface area contributed by atoms with Crippen LogP contribution in [0.1, 0.15) is 12.8 Å². The minimum Gasteiger partial charge on any atom is -0.449 e. The Morgan fingerprint density at radius 3 is 2.93 bits per heavy atom. The van der Waals surface area contributed by atoms with Crippen LogP contribution in [0.25, 0.3) is 0 Å². The van der Waals surface area contributed by atoms with Crippen molar-refractivity contribution in [2.75, 3.05) is 31.7 Å². The lowest BCUT2D eigenvalue weighted by Crippen LogP contribution is -2.43. The molecule has 0 atom stereocenters. The van der Waals surface area contributed by atoms with Crippen molar-refractivity contribution in [1.29, 1.82) is 0 Å². The zero-order valence-corrected chi connectivity index (χ0v) is 9.36. The van der Waals surface area contributed by atoms with E-state index < -0.39 is 0 Å². The predicted molar refractivity (Wildman–Crippen MR) is 58.8 cm³/mol. The van der Waals surface area contributed by atoms with E-state index in [1.807, 2.05) is 6.26 Å². The van der Waals surface area contributed by atoms with Gasteiger partial charge < -0.3 is 15.4 Å². The van der Waals surface area contributed by atoms with E-state index in [9.17, 15) is 4.79 Å². The van der Waals surface area contributed by atoms with Crippen LogP contribution in [-0.4, -0.2) is 43.8 Å². The molecule has 2 N–H and O–H groups in total. The van der Waals surface area contributed by atoms with Crippen molar-refractivity contribution >= 4 is 17.9 Å². The van der Waals surface area contributed by atoms with E-state index in [1.54, 1.807) is 11.8 Å². The van der Waals surface area contributed by atoms with Crippen LogP contribution in [0, 0.1) is 0 Å². The molecule has 0 saturated carbocycles. The molecule has 0 aromatic carbocycles. The molecule has 0 aromatic heterocycles. The number of alkyl carbamates (subject to hydrolysis) is 1. The van der Waals surface area contributed by atoms with Crippen LogP contribution >= 0.6 is 11.8 Å². The van der Waals surface area contributed by atoms with Gasteiger partial charge in [-0.1, -0.05) is 0 Å². The first-order valence-electron chi connectivity index (χ1n) is 4.96. The number of piperidine rings is 1. The van der Waals surface area contributed by atoms with Gasteiger partial charge >= 0.3 is 6.09 Å². The molecule has 0 spiro atoms. The van der Waals surface area contributed by atoms with Gasteiger partial charge in [-0.3, -0.25) is 0 Å². The van der Waals surface area contributed by atoms with Crippen molar-refractivity contribution in [2.45, 2.75) is 18.9 Å². The molecule has 0 unspecified atom stereocenters. The number of rotatable bonds is 4. The van der Waals surface area contributed by atoms with Crippen LogP contribution < -0.4 is 10.6 Å². The largest absolute Gasteiger partial charge is 0.449 e. The van der Waals surface area contributed by atoms with Crippen LogP contribution in [0.4, 0.5) is 4.79 Å². The highest BCUT2D eigenvalue weighted by Crippen LogP contribution is 2.02. The first kappa shape index (κ1) is 11.7. The molecule has 1 heterocycles. The maximum Gasteiger partial charge on any atom is 0.407 e. The second kappa shape index (κ2) is 6.95. The van der Waals surface area contributed by atoms with Crippen molar-refractivity contribution in [2.24, 2.45) is 0 Å². The van der Waals surface area contributed by atoms with Crippen molar-refractivity contribution < 1.29 is 9.53 Å². The zero-order valence-electron chi connectivity index (χ0n) is 8.54. The summed E-state index contributed by atoms with van der Waals surface area (Å²) in [6.07, 6.45) is 3.72. The van der Waals surface area contributed by atoms with E-state index in [4.69, 9.17) is 4.74 Å². The number of thioether (sulfide) groups is 1. The topological polar surface area (TPSA) is 50.4 Å². The van der Waals surface area contributed by atoms with Gasteiger partial charge in [0.25, 0.3) is 0 Å². The number of carbonyl (C=O) groups excluding carboxylic acids is 1. The Balaban J connectivity index is 2.06. The van der Waals surface area contributed by atoms with Crippen molar-refractivity contribution in [3.63, 3.8) is 0 Å². The van der Waals surface area contributed by atoms with Gasteiger partial charge in [-0.05, 0) is 32.2 Å². The van der Waals surface area contributed by atoms with Crippen LogP contribution in [-0.2, 0) is 4.74 Å². The summed E-state index contributed by atoms with van der Waals surface area (Å²) in [4.78, 5) is 11.2. The first-order chi connectivity index (χ1) is 6.83. The highest BCUT2D eigenvalue weighted by atomic mass is 32.2. The molecule has 14 heavy (non-hydrogen) atoms. The van der Waals surface area contributed by atoms with Gasteiger partial charge in [0.05, 0.1) is 0 Å². The Bertz CT molecular complexity index is 172. The summed E-state index contributed by atoms with van der Waals surface area (Å²) < 4.78 is 4.99. The third kappa shape index (κ3) is 4.72. The highest BCUT2D eigenvalue weighted by molar-refractivity contribution is 7.98. The van der Waals surface area contributed by atoms with Crippen LogP contribution in [0.5, 0.6) is 0 Å². The minimum atomic E-state index is -0.272. The molecule has 1 aliphatic rings. The highest BCUT2D eigenvalue weighted by Gasteiger charge is 2.15. The third-order valence-electron chi connectivity index (χ3n) is 2.18. The molecule has 5 heteroatoms. The van der Waals surface area contributed by atoms with Gasteiger partial charge in [-0.25, -0.2) is 4.79 Å². The molecule has 0 bridgehead atoms. The molecular formula is C9H18N2O2S. The summed E-state index contributed by atoms with van der Waals surface area (Å²) >= 11 is 1.67. The predicted octanol–water partition coefficient (Wildman–Crippen LogP) is 0.828. The van der Waals surface area contributed by atoms with Gasteiger partial charge in [0, 0.05) is 11.8 Å². The molecule has 0 radical (unpaired) electrons. The molecule has 1 amide bonds. The molecule has 1 fully saturated rings. The van der Waals surface area contributed by atoms with Crippen molar-refractivity contribution in [1.82, 2.24) is 10.6 Å². The van der Waals surface area contributed by atoms with E-state index in [1.165, 1.54) is 0 Å². The summed E-state index contributed by atoms with van der Waals surface area (Å²) in [5.41, 5.74) is 0. The average Bonchev–Trinajstić information content (AvgIpc) is 2.20. The Morgan fingerprint density at radius 2 is 2.29 bits per heavy atom. The molecular weight excluding hydrogens is 200 g/mol. The monoisotopic (exact) mass is 218 g/mol. The van der Waals surface area contributed by atoms with Crippen molar-refractivity contribution in [3.8, 4) is 0 Å². The van der Waals surface area contributed by atoms with Gasteiger partial charge in [-0.15, -0.1) is 0 Å². The molecule has 82 valence electrons. The van der Waals surface area contributed by atoms with E-state index >= 15 is 0 Å². The number of amides is 1. The van der Waals surface area contributed by atoms with E-state index in [-0.39, 0.29) is 12.1 Å². The second-order valence-corrected chi connectivity index (χ2v) is 4.28. The quantitative estimate of drug-likeness (QED) is 0.686. The van der Waals surface area contributed by atoms with Gasteiger partial charge in [-0.2, -0.15) is 11.8 Å². The molecule has 4 nitrogen and oxygen atoms in total. The number of carbonyl (C=O) groups is 1. The minimum absolute atomic E-state index is 0.272. The maximum absolute atomic E-state index is 11.2. The Kier molecular flexibility index (Phi) is 5.78. The molecule has 1 saturated heterocycles. The van der Waals surface area contributed by atoms with Gasteiger partial charge in [0.15, 0.2) is 0 Å². The van der Waals surface area contributed by atoms with Gasteiger partial charge in [0.2, 0.25) is 0 Å². The zero-order chi connectivity index (χ0) is 10.2. The number of nitrogens with one attached hydrogen (secondary N) is 2. The normalized spacial score (nSPS) is 17.8. The summed E-state index contributed by atoms with van der Waals surface area (Å²) in [6.45, 7) is 2.46. The van der Waals surface area contributed by atoms with Crippen LogP contribution in [0.2, 0.25) is 0 Å². The summed E-state index contributed by atoms with van der Waals surface area (Å²) in [5.74, 6) is 0.861. The van der Waals surface area contributed by atoms with Crippen LogP contribution in [0.3, 0.4) is 0 Å². The van der Waals surface area contributed by atoms with E-state index in [0.29, 0.717) is 6.61 Å². The Labute approximate surface area is 89.2 Å². The second-order valence-electron chi connectivity index (χ2n) is 3.30. The average molecular weight is 218 g/mol. The SMILES string of the molecule is CSCCOC(=O)NC1CCNCC1. The summed E-state index contributed by atoms with van der Waals surface area (Å²) in [6, 6.07) is 0.290. The fourth-order valence-corrected chi connectivity index (χ4v) is 1.64. The van der Waals surface area contributed by atoms with Crippen molar-refractivity contribution in [3.05, 3.63) is 0 Å². The van der Waals surface area contributed by atoms with Crippen LogP contribution in [0.15, 0.2) is 0 Å². The lowest BCUT2D eigenvalue weighted by atomic mass is 10.1. The number of ether oxygens (including phenoxy) is 1. The standard InChI is InChI=1S/C9H18N2O2S/c1-14-7-6-13-9(12)11-8-2-4-10-5-3-8/h8,10H,2-7H2,1H3,(H,11,12). The van der Waals surface area contributed by atoms with E-state index in [2.05, 4.69) is 10.6 Å². The fourth-order valence-electron chi connectivity index (χ4n) is 1.39. The number of hydrogen-bond donors (Lipinski definition) is 2. The maximum atomic E-state index is 11.2. The summed E-state index contributed by atoms with van der Waals surface area (Å²) in [7, 11) is 0. The molecule has 0 aliphatic carbocycles. The lowest BCUT2D eigenvalue weighted by Gasteiger charge is -2.23. The van der Waals surface area contributed by atoms with Gasteiger partial charge in [0.1, 0.15) is 6.61 Å². The molecule has 0 aromatic rings. The van der Waals surface area contributed by atoms with E-state index in [0.717, 1.165) is 31.7 Å². The smallest absolute Gasteiger partial charge is 0.407 e. The Morgan fingerprint density at radius 1 is 1.57 bits per heavy atom.